The molecule has 0 amide bonds. The number of hydrogen-bond donors (Lipinski definition) is 1. The monoisotopic (exact) mass is 281 g/mol. The zero-order valence-corrected chi connectivity index (χ0v) is 10.8. The maximum Gasteiger partial charge on any atom is 0.287 e. The second-order valence-electron chi connectivity index (χ2n) is 3.66. The first kappa shape index (κ1) is 13.3. The normalized spacial score (nSPS) is 10.4. The summed E-state index contributed by atoms with van der Waals surface area (Å²) in [7, 11) is 0. The smallest absolute Gasteiger partial charge is 0.287 e. The highest BCUT2D eigenvalue weighted by molar-refractivity contribution is 6.32. The van der Waals surface area contributed by atoms with Gasteiger partial charge in [0.15, 0.2) is 6.33 Å². The van der Waals surface area contributed by atoms with E-state index in [0.29, 0.717) is 31.1 Å². The Labute approximate surface area is 113 Å². The average molecular weight is 282 g/mol. The maximum absolute atomic E-state index is 11.8. The Morgan fingerprint density at radius 1 is 1.58 bits per heavy atom. The Kier molecular flexibility index (Phi) is 4.30. The summed E-state index contributed by atoms with van der Waals surface area (Å²) in [6.07, 6.45) is 4.95. The number of aromatic nitrogens is 4. The first-order valence-electron chi connectivity index (χ1n) is 5.58. The lowest BCUT2D eigenvalue weighted by Gasteiger charge is -2.08. The second kappa shape index (κ2) is 6.14. The second-order valence-corrected chi connectivity index (χ2v) is 4.04. The van der Waals surface area contributed by atoms with Crippen LogP contribution in [0.3, 0.4) is 0 Å². The summed E-state index contributed by atoms with van der Waals surface area (Å²) in [5, 5.41) is 10.6. The van der Waals surface area contributed by atoms with Crippen molar-refractivity contribution in [3.8, 4) is 0 Å². The molecule has 0 aliphatic rings. The third-order valence-corrected chi connectivity index (χ3v) is 2.71. The van der Waals surface area contributed by atoms with Crippen LogP contribution < -0.4 is 10.9 Å². The van der Waals surface area contributed by atoms with Crippen LogP contribution in [-0.4, -0.2) is 26.5 Å². The van der Waals surface area contributed by atoms with Gasteiger partial charge >= 0.3 is 0 Å². The van der Waals surface area contributed by atoms with E-state index in [4.69, 9.17) is 16.1 Å². The number of rotatable bonds is 6. The van der Waals surface area contributed by atoms with Crippen molar-refractivity contribution in [2.75, 3.05) is 11.9 Å². The number of nitrogens with one attached hydrogen (secondary N) is 1. The Hall–Kier alpha value is -2.15. The van der Waals surface area contributed by atoms with Crippen LogP contribution in [0.25, 0.3) is 0 Å². The number of hydrogen-bond acceptors (Lipinski definition) is 6. The van der Waals surface area contributed by atoms with E-state index in [-0.39, 0.29) is 10.6 Å². The number of nitrogens with zero attached hydrogens (tertiary/aromatic N) is 4. The molecule has 0 radical (unpaired) electrons. The molecule has 19 heavy (non-hydrogen) atoms. The summed E-state index contributed by atoms with van der Waals surface area (Å²) in [6, 6.07) is 0. The molecule has 0 fully saturated rings. The van der Waals surface area contributed by atoms with Gasteiger partial charge in [-0.3, -0.25) is 4.79 Å². The molecule has 100 valence electrons. The highest BCUT2D eigenvalue weighted by atomic mass is 35.5. The standard InChI is InChI=1S/C11H12ClN5O2/c1-2-5-17-11(18)10(12)8(6-15-17)13-4-3-9-14-7-16-19-9/h2,6-7,13H,1,3-5H2. The van der Waals surface area contributed by atoms with E-state index in [1.54, 1.807) is 6.08 Å². The van der Waals surface area contributed by atoms with E-state index in [2.05, 4.69) is 27.1 Å². The van der Waals surface area contributed by atoms with E-state index in [1.807, 2.05) is 0 Å². The molecule has 7 nitrogen and oxygen atoms in total. The fourth-order valence-electron chi connectivity index (χ4n) is 1.45. The Balaban J connectivity index is 2.02. The SMILES string of the molecule is C=CCn1ncc(NCCc2ncno2)c(Cl)c1=O. The number of anilines is 1. The van der Waals surface area contributed by atoms with Crippen molar-refractivity contribution in [2.24, 2.45) is 0 Å². The van der Waals surface area contributed by atoms with Crippen molar-refractivity contribution >= 4 is 17.3 Å². The van der Waals surface area contributed by atoms with Crippen LogP contribution in [0.1, 0.15) is 5.89 Å². The van der Waals surface area contributed by atoms with Gasteiger partial charge in [-0.15, -0.1) is 6.58 Å². The van der Waals surface area contributed by atoms with Gasteiger partial charge in [0.1, 0.15) is 5.02 Å². The largest absolute Gasteiger partial charge is 0.382 e. The minimum absolute atomic E-state index is 0.0994. The van der Waals surface area contributed by atoms with E-state index in [1.165, 1.54) is 17.2 Å². The van der Waals surface area contributed by atoms with Gasteiger partial charge in [-0.2, -0.15) is 10.1 Å². The molecule has 0 aliphatic heterocycles. The molecule has 8 heteroatoms. The third kappa shape index (κ3) is 3.19. The van der Waals surface area contributed by atoms with Gasteiger partial charge in [-0.1, -0.05) is 22.8 Å². The molecule has 2 rings (SSSR count). The molecule has 0 saturated carbocycles. The quantitative estimate of drug-likeness (QED) is 0.799. The van der Waals surface area contributed by atoms with Crippen molar-refractivity contribution < 1.29 is 4.52 Å². The third-order valence-electron chi connectivity index (χ3n) is 2.35. The lowest BCUT2D eigenvalue weighted by molar-refractivity contribution is 0.380. The first-order chi connectivity index (χ1) is 9.22. The van der Waals surface area contributed by atoms with Crippen LogP contribution in [0.2, 0.25) is 5.02 Å². The molecule has 1 N–H and O–H groups in total. The predicted molar refractivity (Wildman–Crippen MR) is 70.2 cm³/mol. The van der Waals surface area contributed by atoms with Gasteiger partial charge in [-0.25, -0.2) is 4.68 Å². The van der Waals surface area contributed by atoms with Gasteiger partial charge in [0, 0.05) is 13.0 Å². The van der Waals surface area contributed by atoms with E-state index in [9.17, 15) is 4.79 Å². The lowest BCUT2D eigenvalue weighted by Crippen LogP contribution is -2.24. The molecule has 0 aromatic carbocycles. The zero-order valence-electron chi connectivity index (χ0n) is 10.0. The van der Waals surface area contributed by atoms with Crippen LogP contribution in [0.4, 0.5) is 5.69 Å². The zero-order chi connectivity index (χ0) is 13.7. The molecule has 0 spiro atoms. The summed E-state index contributed by atoms with van der Waals surface area (Å²) in [5.41, 5.74) is 0.121. The molecule has 0 atom stereocenters. The van der Waals surface area contributed by atoms with Crippen molar-refractivity contribution in [3.63, 3.8) is 0 Å². The van der Waals surface area contributed by atoms with E-state index in [0.717, 1.165) is 0 Å². The molecule has 0 bridgehead atoms. The van der Waals surface area contributed by atoms with Gasteiger partial charge in [0.2, 0.25) is 5.89 Å². The van der Waals surface area contributed by atoms with Gasteiger partial charge in [-0.05, 0) is 0 Å². The van der Waals surface area contributed by atoms with Crippen LogP contribution in [0.5, 0.6) is 0 Å². The van der Waals surface area contributed by atoms with Crippen LogP contribution >= 0.6 is 11.6 Å². The molecular formula is C11H12ClN5O2. The molecule has 0 saturated heterocycles. The van der Waals surface area contributed by atoms with E-state index < -0.39 is 0 Å². The molecule has 0 unspecified atom stereocenters. The highest BCUT2D eigenvalue weighted by Crippen LogP contribution is 2.14. The summed E-state index contributed by atoms with van der Waals surface area (Å²) in [5.74, 6) is 0.511. The first-order valence-corrected chi connectivity index (χ1v) is 5.96. The highest BCUT2D eigenvalue weighted by Gasteiger charge is 2.08. The summed E-state index contributed by atoms with van der Waals surface area (Å²) in [6.45, 7) is 4.37. The fraction of sp³-hybridized carbons (Fsp3) is 0.273. The van der Waals surface area contributed by atoms with Gasteiger partial charge < -0.3 is 9.84 Å². The van der Waals surface area contributed by atoms with Crippen molar-refractivity contribution in [3.05, 3.63) is 46.4 Å². The number of allylic oxidation sites excluding steroid dienone is 1. The van der Waals surface area contributed by atoms with Crippen molar-refractivity contribution in [1.82, 2.24) is 19.9 Å². The summed E-state index contributed by atoms with van der Waals surface area (Å²) >= 11 is 5.97. The van der Waals surface area contributed by atoms with Crippen molar-refractivity contribution in [1.29, 1.82) is 0 Å². The average Bonchev–Trinajstić information content (AvgIpc) is 2.91. The molecular weight excluding hydrogens is 270 g/mol. The summed E-state index contributed by atoms with van der Waals surface area (Å²) < 4.78 is 6.08. The minimum atomic E-state index is -0.357. The lowest BCUT2D eigenvalue weighted by atomic mass is 10.4. The van der Waals surface area contributed by atoms with Crippen molar-refractivity contribution in [2.45, 2.75) is 13.0 Å². The van der Waals surface area contributed by atoms with Crippen LogP contribution in [-0.2, 0) is 13.0 Å². The van der Waals surface area contributed by atoms with Gasteiger partial charge in [0.05, 0.1) is 18.4 Å². The Bertz CT molecular complexity index is 608. The number of halogens is 1. The maximum atomic E-state index is 11.8. The van der Waals surface area contributed by atoms with Crippen LogP contribution in [0.15, 0.2) is 34.5 Å². The van der Waals surface area contributed by atoms with E-state index >= 15 is 0 Å². The van der Waals surface area contributed by atoms with Crippen LogP contribution in [0, 0.1) is 0 Å². The predicted octanol–water partition coefficient (Wildman–Crippen LogP) is 1.12. The van der Waals surface area contributed by atoms with Gasteiger partial charge in [0.25, 0.3) is 5.56 Å². The molecule has 2 heterocycles. The molecule has 0 aliphatic carbocycles. The summed E-state index contributed by atoms with van der Waals surface area (Å²) in [4.78, 5) is 15.7. The topological polar surface area (TPSA) is 85.8 Å². The fourth-order valence-corrected chi connectivity index (χ4v) is 1.66. The molecule has 2 aromatic heterocycles. The Morgan fingerprint density at radius 2 is 2.42 bits per heavy atom. The molecule has 2 aromatic rings. The Morgan fingerprint density at radius 3 is 3.11 bits per heavy atom. The minimum Gasteiger partial charge on any atom is -0.382 e.